The van der Waals surface area contributed by atoms with Crippen molar-refractivity contribution < 1.29 is 45.2 Å². The molecule has 10 nitrogen and oxygen atoms in total. The Morgan fingerprint density at radius 1 is 0.923 bits per heavy atom. The Balaban J connectivity index is 1.26. The summed E-state index contributed by atoms with van der Waals surface area (Å²) in [5, 5.41) is 8.32. The van der Waals surface area contributed by atoms with Crippen LogP contribution in [-0.2, 0) is 23.7 Å². The molecular weight excluding hydrogens is 538 g/mol. The molecule has 0 fully saturated rings. The lowest BCUT2D eigenvalue weighted by atomic mass is 10.2. The molecule has 0 aliphatic carbocycles. The van der Waals surface area contributed by atoms with Gasteiger partial charge in [0.1, 0.15) is 5.75 Å². The highest BCUT2D eigenvalue weighted by atomic mass is 19.4. The minimum Gasteiger partial charge on any atom is -0.484 e. The second-order valence-corrected chi connectivity index (χ2v) is 7.94. The summed E-state index contributed by atoms with van der Waals surface area (Å²) in [7, 11) is 0. The number of nitrogens with one attached hydrogen (secondary N) is 2. The van der Waals surface area contributed by atoms with Gasteiger partial charge in [0, 0.05) is 13.1 Å². The third-order valence-electron chi connectivity index (χ3n) is 5.13. The number of halogens is 6. The standard InChI is InChI=1S/C23H18F6N6O4/c24-22(25,26)13-4-3-5-14(10-13)38-12-18(36)30-8-9-31-19(37)20-33-17(34-39-20)11-35-16-7-2-1-6-15(16)32-21(35)23(27,28)29/h1-7,10H,8-9,11-12H2,(H,30,36)(H,31,37). The smallest absolute Gasteiger partial charge is 0.449 e. The van der Waals surface area contributed by atoms with Crippen molar-refractivity contribution in [3.63, 3.8) is 0 Å². The molecule has 206 valence electrons. The molecular formula is C23H18F6N6O4. The number of amides is 2. The average molecular weight is 556 g/mol. The van der Waals surface area contributed by atoms with Crippen LogP contribution in [0, 0.1) is 0 Å². The van der Waals surface area contributed by atoms with Gasteiger partial charge in [-0.05, 0) is 30.3 Å². The lowest BCUT2D eigenvalue weighted by Crippen LogP contribution is -2.36. The van der Waals surface area contributed by atoms with Crippen molar-refractivity contribution in [1.29, 1.82) is 0 Å². The third kappa shape index (κ3) is 6.82. The highest BCUT2D eigenvalue weighted by Gasteiger charge is 2.38. The van der Waals surface area contributed by atoms with Crippen molar-refractivity contribution in [2.75, 3.05) is 19.7 Å². The number of rotatable bonds is 9. The molecule has 4 aromatic rings. The zero-order valence-corrected chi connectivity index (χ0v) is 19.6. The third-order valence-corrected chi connectivity index (χ3v) is 5.13. The molecule has 0 saturated carbocycles. The highest BCUT2D eigenvalue weighted by molar-refractivity contribution is 5.89. The molecule has 0 atom stereocenters. The highest BCUT2D eigenvalue weighted by Crippen LogP contribution is 2.32. The van der Waals surface area contributed by atoms with Crippen LogP contribution < -0.4 is 15.4 Å². The molecule has 2 amide bonds. The number of hydrogen-bond donors (Lipinski definition) is 2. The Bertz CT molecular complexity index is 1480. The fraction of sp³-hybridized carbons (Fsp3) is 0.261. The van der Waals surface area contributed by atoms with E-state index in [2.05, 4.69) is 25.8 Å². The monoisotopic (exact) mass is 556 g/mol. The maximum atomic E-state index is 13.5. The van der Waals surface area contributed by atoms with Gasteiger partial charge in [0.2, 0.25) is 5.82 Å². The fourth-order valence-electron chi connectivity index (χ4n) is 3.42. The SMILES string of the molecule is O=C(COc1cccc(C(F)(F)F)c1)NCCNC(=O)c1nc(Cn2c(C(F)(F)F)nc3ccccc32)no1. The second kappa shape index (κ2) is 11.0. The molecule has 0 radical (unpaired) electrons. The number of carbonyl (C=O) groups excluding carboxylic acids is 2. The molecule has 2 heterocycles. The molecule has 0 aliphatic heterocycles. The van der Waals surface area contributed by atoms with E-state index in [9.17, 15) is 35.9 Å². The van der Waals surface area contributed by atoms with Crippen LogP contribution in [0.4, 0.5) is 26.3 Å². The van der Waals surface area contributed by atoms with Gasteiger partial charge >= 0.3 is 24.2 Å². The number of carbonyl (C=O) groups is 2. The maximum Gasteiger partial charge on any atom is 0.449 e. The molecule has 2 aromatic carbocycles. The predicted molar refractivity (Wildman–Crippen MR) is 120 cm³/mol. The van der Waals surface area contributed by atoms with Gasteiger partial charge in [-0.2, -0.15) is 31.3 Å². The molecule has 0 spiro atoms. The minimum atomic E-state index is -4.74. The van der Waals surface area contributed by atoms with Crippen molar-refractivity contribution in [2.24, 2.45) is 0 Å². The first-order chi connectivity index (χ1) is 18.4. The van der Waals surface area contributed by atoms with E-state index in [0.717, 1.165) is 22.8 Å². The number of hydrogen-bond acceptors (Lipinski definition) is 7. The van der Waals surface area contributed by atoms with Crippen LogP contribution in [0.3, 0.4) is 0 Å². The van der Waals surface area contributed by atoms with Gasteiger partial charge in [-0.15, -0.1) is 0 Å². The molecule has 2 N–H and O–H groups in total. The zero-order chi connectivity index (χ0) is 28.2. The second-order valence-electron chi connectivity index (χ2n) is 7.94. The normalized spacial score (nSPS) is 11.9. The molecule has 0 bridgehead atoms. The average Bonchev–Trinajstić information content (AvgIpc) is 3.50. The number of benzene rings is 2. The summed E-state index contributed by atoms with van der Waals surface area (Å²) in [6.07, 6.45) is -9.30. The first kappa shape index (κ1) is 27.4. The summed E-state index contributed by atoms with van der Waals surface area (Å²) in [6, 6.07) is 9.99. The summed E-state index contributed by atoms with van der Waals surface area (Å²) >= 11 is 0. The molecule has 4 rings (SSSR count). The van der Waals surface area contributed by atoms with Crippen molar-refractivity contribution >= 4 is 22.8 Å². The number of alkyl halides is 6. The van der Waals surface area contributed by atoms with Gasteiger partial charge in [-0.1, -0.05) is 23.4 Å². The van der Waals surface area contributed by atoms with Crippen LogP contribution in [0.1, 0.15) is 27.9 Å². The molecule has 0 unspecified atom stereocenters. The number of nitrogens with zero attached hydrogens (tertiary/aromatic N) is 4. The van der Waals surface area contributed by atoms with Crippen molar-refractivity contribution in [1.82, 2.24) is 30.3 Å². The topological polar surface area (TPSA) is 124 Å². The summed E-state index contributed by atoms with van der Waals surface area (Å²) in [5.41, 5.74) is -0.617. The summed E-state index contributed by atoms with van der Waals surface area (Å²) in [6.45, 7) is -1.21. The van der Waals surface area contributed by atoms with Gasteiger partial charge < -0.3 is 24.5 Å². The van der Waals surface area contributed by atoms with E-state index in [0.29, 0.717) is 0 Å². The Hall–Kier alpha value is -4.63. The van der Waals surface area contributed by atoms with Crippen LogP contribution in [0.5, 0.6) is 5.75 Å². The van der Waals surface area contributed by atoms with Crippen LogP contribution >= 0.6 is 0 Å². The Morgan fingerprint density at radius 3 is 2.41 bits per heavy atom. The van der Waals surface area contributed by atoms with E-state index in [1.165, 1.54) is 18.2 Å². The fourth-order valence-corrected chi connectivity index (χ4v) is 3.42. The van der Waals surface area contributed by atoms with Crippen molar-refractivity contribution in [3.8, 4) is 5.75 Å². The summed E-state index contributed by atoms with van der Waals surface area (Å²) in [4.78, 5) is 31.5. The Labute approximate surface area is 215 Å². The van der Waals surface area contributed by atoms with E-state index < -0.39 is 54.6 Å². The number of aromatic nitrogens is 4. The van der Waals surface area contributed by atoms with Gasteiger partial charge in [-0.25, -0.2) is 4.98 Å². The summed E-state index contributed by atoms with van der Waals surface area (Å²) < 4.78 is 89.3. The van der Waals surface area contributed by atoms with Gasteiger partial charge in [0.25, 0.3) is 5.91 Å². The van der Waals surface area contributed by atoms with E-state index in [1.807, 2.05) is 0 Å². The first-order valence-electron chi connectivity index (χ1n) is 11.1. The molecule has 0 aliphatic rings. The summed E-state index contributed by atoms with van der Waals surface area (Å²) in [5.74, 6) is -3.51. The van der Waals surface area contributed by atoms with Crippen LogP contribution in [0.25, 0.3) is 11.0 Å². The van der Waals surface area contributed by atoms with Gasteiger partial charge in [0.15, 0.2) is 12.4 Å². The quantitative estimate of drug-likeness (QED) is 0.239. The van der Waals surface area contributed by atoms with Crippen LogP contribution in [-0.4, -0.2) is 51.2 Å². The van der Waals surface area contributed by atoms with E-state index in [1.54, 1.807) is 12.1 Å². The van der Waals surface area contributed by atoms with E-state index >= 15 is 0 Å². The first-order valence-corrected chi connectivity index (χ1v) is 11.1. The minimum absolute atomic E-state index is 0.0759. The Morgan fingerprint density at radius 2 is 1.67 bits per heavy atom. The predicted octanol–water partition coefficient (Wildman–Crippen LogP) is 3.43. The lowest BCUT2D eigenvalue weighted by molar-refractivity contribution is -0.146. The molecule has 39 heavy (non-hydrogen) atoms. The van der Waals surface area contributed by atoms with Crippen LogP contribution in [0.2, 0.25) is 0 Å². The number of ether oxygens (including phenoxy) is 1. The largest absolute Gasteiger partial charge is 0.484 e. The Kier molecular flexibility index (Phi) is 7.73. The van der Waals surface area contributed by atoms with Crippen molar-refractivity contribution in [3.05, 3.63) is 71.6 Å². The number of fused-ring (bicyclic) bond motifs is 1. The lowest BCUT2D eigenvalue weighted by Gasteiger charge is -2.10. The number of imidazole rings is 1. The number of para-hydroxylation sites is 2. The van der Waals surface area contributed by atoms with E-state index in [-0.39, 0.29) is 35.7 Å². The molecule has 2 aromatic heterocycles. The molecule has 0 saturated heterocycles. The van der Waals surface area contributed by atoms with Crippen LogP contribution in [0.15, 0.2) is 53.1 Å². The maximum absolute atomic E-state index is 13.5. The van der Waals surface area contributed by atoms with E-state index in [4.69, 9.17) is 9.26 Å². The molecule has 16 heteroatoms. The van der Waals surface area contributed by atoms with Gasteiger partial charge in [0.05, 0.1) is 23.1 Å². The van der Waals surface area contributed by atoms with Crippen molar-refractivity contribution in [2.45, 2.75) is 18.9 Å². The van der Waals surface area contributed by atoms with Gasteiger partial charge in [-0.3, -0.25) is 9.59 Å². The zero-order valence-electron chi connectivity index (χ0n) is 19.6.